The molecule has 2 N–H and O–H groups in total. The number of halogens is 1. The monoisotopic (exact) mass is 379 g/mol. The van der Waals surface area contributed by atoms with E-state index in [2.05, 4.69) is 31.4 Å². The number of ether oxygens (including phenoxy) is 1. The normalized spacial score (nSPS) is 11.6. The fourth-order valence-corrected chi connectivity index (χ4v) is 2.17. The first-order chi connectivity index (χ1) is 11.0. The summed E-state index contributed by atoms with van der Waals surface area (Å²) >= 11 is 3.31. The molecule has 0 radical (unpaired) electrons. The lowest BCUT2D eigenvalue weighted by molar-refractivity contribution is -0.137. The largest absolute Gasteiger partial charge is 0.481 e. The van der Waals surface area contributed by atoms with Crippen LogP contribution in [0.3, 0.4) is 0 Å². The third-order valence-corrected chi connectivity index (χ3v) is 3.57. The molecule has 0 spiro atoms. The Hall–Kier alpha value is -2.48. The molecule has 1 heterocycles. The molecule has 120 valence electrons. The highest BCUT2D eigenvalue weighted by Gasteiger charge is 2.20. The highest BCUT2D eigenvalue weighted by atomic mass is 79.9. The van der Waals surface area contributed by atoms with Crippen molar-refractivity contribution in [2.75, 3.05) is 7.11 Å². The van der Waals surface area contributed by atoms with Gasteiger partial charge in [0.2, 0.25) is 5.88 Å². The summed E-state index contributed by atoms with van der Waals surface area (Å²) < 4.78 is 5.74. The molecule has 1 aromatic carbocycles. The van der Waals surface area contributed by atoms with Crippen LogP contribution < -0.4 is 10.1 Å². The topological polar surface area (TPSA) is 101 Å². The number of aliphatic carboxylic acids is 1. The Kier molecular flexibility index (Phi) is 5.64. The maximum atomic E-state index is 12.2. The van der Waals surface area contributed by atoms with Gasteiger partial charge in [-0.25, -0.2) is 0 Å². The van der Waals surface area contributed by atoms with E-state index < -0.39 is 17.9 Å². The molecule has 0 aliphatic rings. The molecule has 1 aromatic heterocycles. The quantitative estimate of drug-likeness (QED) is 0.797. The van der Waals surface area contributed by atoms with Crippen LogP contribution in [-0.2, 0) is 4.79 Å². The summed E-state index contributed by atoms with van der Waals surface area (Å²) in [5.74, 6) is -1.23. The summed E-state index contributed by atoms with van der Waals surface area (Å²) in [5, 5.41) is 19.2. The maximum absolute atomic E-state index is 12.2. The minimum Gasteiger partial charge on any atom is -0.481 e. The molecule has 0 saturated heterocycles. The number of carbonyl (C=O) groups is 2. The molecule has 0 aliphatic carbocycles. The van der Waals surface area contributed by atoms with Crippen LogP contribution in [0, 0.1) is 0 Å². The van der Waals surface area contributed by atoms with Crippen LogP contribution in [-0.4, -0.2) is 34.3 Å². The Morgan fingerprint density at radius 1 is 1.22 bits per heavy atom. The van der Waals surface area contributed by atoms with Gasteiger partial charge in [-0.15, -0.1) is 10.2 Å². The number of hydrogen-bond acceptors (Lipinski definition) is 5. The van der Waals surface area contributed by atoms with E-state index >= 15 is 0 Å². The second-order valence-electron chi connectivity index (χ2n) is 4.64. The van der Waals surface area contributed by atoms with Crippen molar-refractivity contribution in [3.8, 4) is 5.88 Å². The van der Waals surface area contributed by atoms with Crippen molar-refractivity contribution < 1.29 is 19.4 Å². The van der Waals surface area contributed by atoms with E-state index in [1.165, 1.54) is 19.2 Å². The Bertz CT molecular complexity index is 689. The van der Waals surface area contributed by atoms with E-state index in [1.54, 1.807) is 24.3 Å². The molecule has 0 fully saturated rings. The van der Waals surface area contributed by atoms with Crippen LogP contribution in [0.15, 0.2) is 40.9 Å². The number of amides is 1. The van der Waals surface area contributed by atoms with Crippen molar-refractivity contribution >= 4 is 27.8 Å². The van der Waals surface area contributed by atoms with Crippen LogP contribution in [0.5, 0.6) is 5.88 Å². The van der Waals surface area contributed by atoms with Gasteiger partial charge >= 0.3 is 5.97 Å². The molecular weight excluding hydrogens is 366 g/mol. The van der Waals surface area contributed by atoms with Crippen molar-refractivity contribution in [2.45, 2.75) is 12.5 Å². The molecule has 1 amide bonds. The number of hydrogen-bond donors (Lipinski definition) is 2. The third-order valence-electron chi connectivity index (χ3n) is 3.04. The molecule has 1 atom stereocenters. The minimum atomic E-state index is -1.01. The Balaban J connectivity index is 2.17. The van der Waals surface area contributed by atoms with Gasteiger partial charge in [0.1, 0.15) is 0 Å². The standard InChI is InChI=1S/C15H14BrN3O4/c1-23-13-7-6-11(18-19-13)15(22)17-12(8-14(20)21)9-2-4-10(16)5-3-9/h2-7,12H,8H2,1H3,(H,17,22)(H,20,21). The first-order valence-electron chi connectivity index (χ1n) is 6.65. The van der Waals surface area contributed by atoms with Gasteiger partial charge in [0, 0.05) is 10.5 Å². The molecular formula is C15H14BrN3O4. The van der Waals surface area contributed by atoms with E-state index in [4.69, 9.17) is 9.84 Å². The van der Waals surface area contributed by atoms with Gasteiger partial charge in [0.25, 0.3) is 5.91 Å². The zero-order valence-electron chi connectivity index (χ0n) is 12.2. The number of nitrogens with one attached hydrogen (secondary N) is 1. The summed E-state index contributed by atoms with van der Waals surface area (Å²) in [5.41, 5.74) is 0.767. The molecule has 23 heavy (non-hydrogen) atoms. The van der Waals surface area contributed by atoms with Crippen LogP contribution in [0.1, 0.15) is 28.5 Å². The fourth-order valence-electron chi connectivity index (χ4n) is 1.90. The van der Waals surface area contributed by atoms with Crippen molar-refractivity contribution in [3.05, 3.63) is 52.1 Å². The average molecular weight is 380 g/mol. The molecule has 8 heteroatoms. The number of nitrogens with zero attached hydrogens (tertiary/aromatic N) is 2. The summed E-state index contributed by atoms with van der Waals surface area (Å²) in [6.45, 7) is 0. The summed E-state index contributed by atoms with van der Waals surface area (Å²) in [6, 6.07) is 9.36. The lowest BCUT2D eigenvalue weighted by atomic mass is 10.0. The lowest BCUT2D eigenvalue weighted by Crippen LogP contribution is -2.31. The predicted octanol–water partition coefficient (Wildman–Crippen LogP) is 2.19. The summed E-state index contributed by atoms with van der Waals surface area (Å²) in [6.07, 6.45) is -0.239. The highest BCUT2D eigenvalue weighted by Crippen LogP contribution is 2.20. The number of carboxylic acid groups (broad SMARTS) is 1. The van der Waals surface area contributed by atoms with E-state index in [0.717, 1.165) is 4.47 Å². The van der Waals surface area contributed by atoms with Crippen molar-refractivity contribution in [1.82, 2.24) is 15.5 Å². The van der Waals surface area contributed by atoms with Gasteiger partial charge in [-0.05, 0) is 23.8 Å². The van der Waals surface area contributed by atoms with Crippen molar-refractivity contribution in [2.24, 2.45) is 0 Å². The average Bonchev–Trinajstić information content (AvgIpc) is 2.54. The minimum absolute atomic E-state index is 0.0818. The number of rotatable bonds is 6. The predicted molar refractivity (Wildman–Crippen MR) is 85.2 cm³/mol. The first kappa shape index (κ1) is 16.9. The van der Waals surface area contributed by atoms with Crippen LogP contribution >= 0.6 is 15.9 Å². The Morgan fingerprint density at radius 2 is 1.91 bits per heavy atom. The lowest BCUT2D eigenvalue weighted by Gasteiger charge is -2.17. The van der Waals surface area contributed by atoms with Crippen LogP contribution in [0.2, 0.25) is 0 Å². The SMILES string of the molecule is COc1ccc(C(=O)NC(CC(=O)O)c2ccc(Br)cc2)nn1. The molecule has 7 nitrogen and oxygen atoms in total. The van der Waals surface area contributed by atoms with E-state index in [1.807, 2.05) is 0 Å². The Morgan fingerprint density at radius 3 is 2.43 bits per heavy atom. The molecule has 0 aliphatic heterocycles. The highest BCUT2D eigenvalue weighted by molar-refractivity contribution is 9.10. The number of benzene rings is 1. The smallest absolute Gasteiger partial charge is 0.305 e. The second-order valence-corrected chi connectivity index (χ2v) is 5.55. The molecule has 2 rings (SSSR count). The van der Waals surface area contributed by atoms with Gasteiger partial charge in [-0.1, -0.05) is 28.1 Å². The summed E-state index contributed by atoms with van der Waals surface area (Å²) in [4.78, 5) is 23.3. The number of aromatic nitrogens is 2. The van der Waals surface area contributed by atoms with Crippen molar-refractivity contribution in [3.63, 3.8) is 0 Å². The molecule has 0 bridgehead atoms. The second kappa shape index (κ2) is 7.68. The van der Waals surface area contributed by atoms with Crippen LogP contribution in [0.25, 0.3) is 0 Å². The van der Waals surface area contributed by atoms with Gasteiger partial charge < -0.3 is 15.2 Å². The van der Waals surface area contributed by atoms with E-state index in [0.29, 0.717) is 5.56 Å². The Labute approximate surface area is 140 Å². The van der Waals surface area contributed by atoms with Crippen molar-refractivity contribution in [1.29, 1.82) is 0 Å². The third kappa shape index (κ3) is 4.75. The fraction of sp³-hybridized carbons (Fsp3) is 0.200. The van der Waals surface area contributed by atoms with Gasteiger partial charge in [-0.3, -0.25) is 9.59 Å². The van der Waals surface area contributed by atoms with E-state index in [-0.39, 0.29) is 18.0 Å². The summed E-state index contributed by atoms with van der Waals surface area (Å²) in [7, 11) is 1.44. The molecule has 2 aromatic rings. The van der Waals surface area contributed by atoms with Gasteiger partial charge in [0.05, 0.1) is 19.6 Å². The maximum Gasteiger partial charge on any atom is 0.305 e. The van der Waals surface area contributed by atoms with Crippen LogP contribution in [0.4, 0.5) is 0 Å². The molecule has 1 unspecified atom stereocenters. The van der Waals surface area contributed by atoms with Gasteiger partial charge in [-0.2, -0.15) is 0 Å². The number of carbonyl (C=O) groups excluding carboxylic acids is 1. The number of methoxy groups -OCH3 is 1. The van der Waals surface area contributed by atoms with E-state index in [9.17, 15) is 9.59 Å². The zero-order chi connectivity index (χ0) is 16.8. The number of carboxylic acids is 1. The zero-order valence-corrected chi connectivity index (χ0v) is 13.8. The van der Waals surface area contributed by atoms with Gasteiger partial charge in [0.15, 0.2) is 5.69 Å². The molecule has 0 saturated carbocycles. The first-order valence-corrected chi connectivity index (χ1v) is 7.44.